The van der Waals surface area contributed by atoms with Gasteiger partial charge in [0.05, 0.1) is 18.1 Å². The summed E-state index contributed by atoms with van der Waals surface area (Å²) in [5.74, 6) is 1.43. The number of carbonyl (C=O) groups is 2. The number of imide groups is 1. The summed E-state index contributed by atoms with van der Waals surface area (Å²) in [7, 11) is 0. The van der Waals surface area contributed by atoms with Crippen molar-refractivity contribution >= 4 is 23.6 Å². The van der Waals surface area contributed by atoms with Crippen LogP contribution in [0.1, 0.15) is 24.5 Å². The van der Waals surface area contributed by atoms with Crippen molar-refractivity contribution in [3.05, 3.63) is 35.9 Å². The number of likely N-dealkylation sites (tertiary alicyclic amines) is 1. The molecule has 2 aliphatic rings. The molecule has 0 bridgehead atoms. The number of hydrogen-bond acceptors (Lipinski definition) is 4. The largest absolute Gasteiger partial charge is 0.387 e. The van der Waals surface area contributed by atoms with Gasteiger partial charge in [-0.25, -0.2) is 0 Å². The molecule has 0 saturated carbocycles. The molecule has 1 aromatic carbocycles. The van der Waals surface area contributed by atoms with Crippen molar-refractivity contribution in [1.82, 2.24) is 4.90 Å². The van der Waals surface area contributed by atoms with Crippen molar-refractivity contribution in [1.29, 1.82) is 0 Å². The Morgan fingerprint density at radius 1 is 1.30 bits per heavy atom. The van der Waals surface area contributed by atoms with Crippen LogP contribution in [-0.4, -0.2) is 39.9 Å². The van der Waals surface area contributed by atoms with Gasteiger partial charge in [0, 0.05) is 12.2 Å². The van der Waals surface area contributed by atoms with E-state index in [0.29, 0.717) is 6.42 Å². The van der Waals surface area contributed by atoms with E-state index in [9.17, 15) is 14.7 Å². The van der Waals surface area contributed by atoms with Crippen LogP contribution < -0.4 is 0 Å². The number of thioether (sulfide) groups is 1. The van der Waals surface area contributed by atoms with E-state index < -0.39 is 11.5 Å². The van der Waals surface area contributed by atoms with Crippen LogP contribution in [0.15, 0.2) is 30.3 Å². The van der Waals surface area contributed by atoms with Crippen molar-refractivity contribution in [2.45, 2.75) is 18.9 Å². The van der Waals surface area contributed by atoms with Gasteiger partial charge in [0.25, 0.3) is 0 Å². The molecule has 2 heterocycles. The van der Waals surface area contributed by atoms with E-state index in [4.69, 9.17) is 0 Å². The molecule has 2 aliphatic heterocycles. The molecule has 20 heavy (non-hydrogen) atoms. The van der Waals surface area contributed by atoms with Crippen LogP contribution in [0.25, 0.3) is 0 Å². The third-order valence-electron chi connectivity index (χ3n) is 4.13. The van der Waals surface area contributed by atoms with Crippen molar-refractivity contribution < 1.29 is 14.7 Å². The molecule has 1 N–H and O–H groups in total. The van der Waals surface area contributed by atoms with E-state index in [0.717, 1.165) is 23.5 Å². The summed E-state index contributed by atoms with van der Waals surface area (Å²) in [5, 5.41) is 10.2. The lowest BCUT2D eigenvalue weighted by molar-refractivity contribution is -0.142. The molecule has 2 amide bonds. The molecule has 4 nitrogen and oxygen atoms in total. The molecule has 2 saturated heterocycles. The van der Waals surface area contributed by atoms with Gasteiger partial charge >= 0.3 is 0 Å². The van der Waals surface area contributed by atoms with E-state index in [1.54, 1.807) is 23.9 Å². The first-order valence-corrected chi connectivity index (χ1v) is 7.93. The Kier molecular flexibility index (Phi) is 3.56. The molecule has 0 aliphatic carbocycles. The van der Waals surface area contributed by atoms with Crippen LogP contribution in [-0.2, 0) is 9.59 Å². The van der Waals surface area contributed by atoms with E-state index in [-0.39, 0.29) is 18.4 Å². The Bertz CT molecular complexity index is 525. The van der Waals surface area contributed by atoms with Gasteiger partial charge in [-0.15, -0.1) is 0 Å². The maximum absolute atomic E-state index is 12.5. The minimum Gasteiger partial charge on any atom is -0.387 e. The minimum absolute atomic E-state index is 0.0636. The number of carbonyl (C=O) groups excluding carboxylic acids is 2. The molecule has 106 valence electrons. The lowest BCUT2D eigenvalue weighted by atomic mass is 9.86. The number of aliphatic hydroxyl groups excluding tert-OH is 1. The molecule has 0 radical (unpaired) electrons. The molecule has 2 unspecified atom stereocenters. The van der Waals surface area contributed by atoms with E-state index in [2.05, 4.69) is 0 Å². The number of benzene rings is 1. The lowest BCUT2D eigenvalue weighted by Crippen LogP contribution is -2.38. The maximum atomic E-state index is 12.5. The van der Waals surface area contributed by atoms with Crippen molar-refractivity contribution in [3.63, 3.8) is 0 Å². The topological polar surface area (TPSA) is 57.6 Å². The Morgan fingerprint density at radius 2 is 2.05 bits per heavy atom. The number of aliphatic hydroxyl groups is 1. The third-order valence-corrected chi connectivity index (χ3v) is 5.38. The van der Waals surface area contributed by atoms with Gasteiger partial charge in [-0.2, -0.15) is 11.8 Å². The summed E-state index contributed by atoms with van der Waals surface area (Å²) in [6.45, 7) is 0.0636. The number of nitrogens with zero attached hydrogens (tertiary/aromatic N) is 1. The number of hydrogen-bond donors (Lipinski definition) is 1. The standard InChI is InChI=1S/C15H17NO3S/c17-12(11-4-2-1-3-5-11)9-16-13(18)8-15(14(16)19)6-7-20-10-15/h1-5,12,17H,6-10H2. The molecule has 3 rings (SSSR count). The van der Waals surface area contributed by atoms with Crippen LogP contribution in [0, 0.1) is 5.41 Å². The molecule has 2 fully saturated rings. The molecule has 5 heteroatoms. The highest BCUT2D eigenvalue weighted by Gasteiger charge is 2.53. The third kappa shape index (κ3) is 2.25. The molecular weight excluding hydrogens is 274 g/mol. The molecular formula is C15H17NO3S. The Labute approximate surface area is 122 Å². The van der Waals surface area contributed by atoms with Gasteiger partial charge in [0.2, 0.25) is 11.8 Å². The molecule has 2 atom stereocenters. The Balaban J connectivity index is 1.74. The van der Waals surface area contributed by atoms with Gasteiger partial charge in [-0.3, -0.25) is 14.5 Å². The average Bonchev–Trinajstić information content (AvgIpc) is 3.01. The van der Waals surface area contributed by atoms with Crippen LogP contribution >= 0.6 is 11.8 Å². The smallest absolute Gasteiger partial charge is 0.236 e. The van der Waals surface area contributed by atoms with E-state index in [1.165, 1.54) is 4.90 Å². The summed E-state index contributed by atoms with van der Waals surface area (Å²) in [6.07, 6.45) is 0.272. The average molecular weight is 291 g/mol. The maximum Gasteiger partial charge on any atom is 0.236 e. The second-order valence-corrected chi connectivity index (χ2v) is 6.60. The summed E-state index contributed by atoms with van der Waals surface area (Å²) in [4.78, 5) is 25.8. The lowest BCUT2D eigenvalue weighted by Gasteiger charge is -2.22. The highest BCUT2D eigenvalue weighted by molar-refractivity contribution is 7.99. The minimum atomic E-state index is -0.812. The van der Waals surface area contributed by atoms with Gasteiger partial charge < -0.3 is 5.11 Å². The summed E-state index contributed by atoms with van der Waals surface area (Å²) < 4.78 is 0. The fourth-order valence-electron chi connectivity index (χ4n) is 2.91. The fourth-order valence-corrected chi connectivity index (χ4v) is 4.35. The SMILES string of the molecule is O=C1CC2(CCSC2)C(=O)N1CC(O)c1ccccc1. The molecule has 1 spiro atoms. The Morgan fingerprint density at radius 3 is 2.70 bits per heavy atom. The zero-order valence-corrected chi connectivity index (χ0v) is 11.9. The van der Waals surface area contributed by atoms with Gasteiger partial charge in [-0.05, 0) is 17.7 Å². The monoisotopic (exact) mass is 291 g/mol. The van der Waals surface area contributed by atoms with Gasteiger partial charge in [0.1, 0.15) is 0 Å². The van der Waals surface area contributed by atoms with Crippen LogP contribution in [0.3, 0.4) is 0 Å². The van der Waals surface area contributed by atoms with Crippen LogP contribution in [0.4, 0.5) is 0 Å². The van der Waals surface area contributed by atoms with E-state index in [1.807, 2.05) is 18.2 Å². The van der Waals surface area contributed by atoms with Crippen molar-refractivity contribution in [3.8, 4) is 0 Å². The fraction of sp³-hybridized carbons (Fsp3) is 0.467. The number of rotatable bonds is 3. The number of amides is 2. The van der Waals surface area contributed by atoms with Crippen molar-refractivity contribution in [2.75, 3.05) is 18.1 Å². The Hall–Kier alpha value is -1.33. The quantitative estimate of drug-likeness (QED) is 0.860. The van der Waals surface area contributed by atoms with Crippen molar-refractivity contribution in [2.24, 2.45) is 5.41 Å². The first kappa shape index (κ1) is 13.6. The second-order valence-electron chi connectivity index (χ2n) is 5.50. The molecule has 0 aromatic heterocycles. The zero-order valence-electron chi connectivity index (χ0n) is 11.1. The highest BCUT2D eigenvalue weighted by Crippen LogP contribution is 2.45. The summed E-state index contributed by atoms with van der Waals surface area (Å²) in [5.41, 5.74) is 0.243. The van der Waals surface area contributed by atoms with Crippen LogP contribution in [0.5, 0.6) is 0 Å². The van der Waals surface area contributed by atoms with Gasteiger partial charge in [-0.1, -0.05) is 30.3 Å². The molecule has 1 aromatic rings. The summed E-state index contributed by atoms with van der Waals surface area (Å²) >= 11 is 1.73. The van der Waals surface area contributed by atoms with Gasteiger partial charge in [0.15, 0.2) is 0 Å². The highest BCUT2D eigenvalue weighted by atomic mass is 32.2. The normalized spacial score (nSPS) is 27.6. The predicted molar refractivity (Wildman–Crippen MR) is 77.1 cm³/mol. The first-order chi connectivity index (χ1) is 9.62. The predicted octanol–water partition coefficient (Wildman–Crippen LogP) is 1.60. The first-order valence-electron chi connectivity index (χ1n) is 6.78. The number of β-amino-alcohol motifs (C(OH)–C–C–N with tert-alkyl or cyclic N) is 1. The van der Waals surface area contributed by atoms with E-state index >= 15 is 0 Å². The van der Waals surface area contributed by atoms with Crippen LogP contribution in [0.2, 0.25) is 0 Å². The summed E-state index contributed by atoms with van der Waals surface area (Å²) in [6, 6.07) is 9.14. The second kappa shape index (κ2) is 5.22. The zero-order chi connectivity index (χ0) is 14.2.